The van der Waals surface area contributed by atoms with Crippen molar-refractivity contribution in [2.75, 3.05) is 31.0 Å². The first kappa shape index (κ1) is 22.0. The summed E-state index contributed by atoms with van der Waals surface area (Å²) in [4.78, 5) is 42.4. The molecule has 0 spiro atoms. The highest BCUT2D eigenvalue weighted by Gasteiger charge is 2.52. The molecular weight excluding hydrogens is 410 g/mol. The van der Waals surface area contributed by atoms with Gasteiger partial charge in [-0.15, -0.1) is 0 Å². The molecule has 0 radical (unpaired) electrons. The fraction of sp³-hybridized carbons (Fsp3) is 0.375. The summed E-state index contributed by atoms with van der Waals surface area (Å²) in [6, 6.07) is 16.9. The van der Waals surface area contributed by atoms with Crippen molar-refractivity contribution in [3.05, 3.63) is 60.7 Å². The van der Waals surface area contributed by atoms with Crippen molar-refractivity contribution in [2.24, 2.45) is 5.92 Å². The van der Waals surface area contributed by atoms with Gasteiger partial charge < -0.3 is 19.7 Å². The van der Waals surface area contributed by atoms with Crippen LogP contribution in [0.2, 0.25) is 0 Å². The number of hydrogen-bond donors (Lipinski definition) is 1. The number of carbonyl (C=O) groups excluding carboxylic acids is 3. The molecule has 1 saturated carbocycles. The molecule has 0 bridgehead atoms. The number of urea groups is 1. The Bertz CT molecular complexity index is 968. The topological polar surface area (TPSA) is 88.2 Å². The van der Waals surface area contributed by atoms with E-state index in [4.69, 9.17) is 9.47 Å². The normalized spacial score (nSPS) is 25.4. The number of nitrogens with zero attached hydrogens (tertiary/aromatic N) is 2. The van der Waals surface area contributed by atoms with Crippen molar-refractivity contribution in [3.8, 4) is 0 Å². The van der Waals surface area contributed by atoms with Crippen LogP contribution < -0.4 is 10.2 Å². The standard InChI is InChI=1S/C24H27N3O5/c1-31-20-13-18-19(14-21(20)32-2)26(15-22(28)25-16-9-5-3-6-10-16)24(30)27(23(18)29)17-11-7-4-8-12-17/h3-12,18-21H,13-15H2,1-2H3,(H,25,28). The Morgan fingerprint density at radius 1 is 0.938 bits per heavy atom. The molecule has 4 atom stereocenters. The maximum Gasteiger partial charge on any atom is 0.332 e. The average molecular weight is 437 g/mol. The number of fused-ring (bicyclic) bond motifs is 1. The van der Waals surface area contributed by atoms with Gasteiger partial charge in [0.25, 0.3) is 0 Å². The molecule has 2 aromatic carbocycles. The lowest BCUT2D eigenvalue weighted by molar-refractivity contribution is -0.139. The van der Waals surface area contributed by atoms with Crippen LogP contribution in [0.3, 0.4) is 0 Å². The molecule has 1 aliphatic carbocycles. The largest absolute Gasteiger partial charge is 0.379 e. The summed E-state index contributed by atoms with van der Waals surface area (Å²) in [6.45, 7) is -0.167. The third-order valence-corrected chi connectivity index (χ3v) is 6.21. The highest BCUT2D eigenvalue weighted by atomic mass is 16.5. The minimum absolute atomic E-state index is 0.167. The van der Waals surface area contributed by atoms with E-state index in [1.54, 1.807) is 50.6 Å². The maximum atomic E-state index is 13.5. The Morgan fingerprint density at radius 2 is 1.53 bits per heavy atom. The number of imide groups is 1. The van der Waals surface area contributed by atoms with Gasteiger partial charge in [-0.05, 0) is 37.1 Å². The number of nitrogens with one attached hydrogen (secondary N) is 1. The molecule has 1 N–H and O–H groups in total. The van der Waals surface area contributed by atoms with Gasteiger partial charge in [-0.3, -0.25) is 9.59 Å². The molecule has 4 unspecified atom stereocenters. The fourth-order valence-electron chi connectivity index (χ4n) is 4.63. The number of rotatable bonds is 6. The van der Waals surface area contributed by atoms with E-state index >= 15 is 0 Å². The molecule has 2 aromatic rings. The molecule has 1 saturated heterocycles. The molecule has 0 aromatic heterocycles. The summed E-state index contributed by atoms with van der Waals surface area (Å²) in [7, 11) is 3.18. The molecule has 4 amide bonds. The van der Waals surface area contributed by atoms with E-state index in [-0.39, 0.29) is 30.6 Å². The van der Waals surface area contributed by atoms with Crippen LogP contribution in [0.1, 0.15) is 12.8 Å². The zero-order valence-electron chi connectivity index (χ0n) is 18.1. The van der Waals surface area contributed by atoms with Gasteiger partial charge in [0, 0.05) is 25.9 Å². The number of benzene rings is 2. The highest BCUT2D eigenvalue weighted by molar-refractivity contribution is 6.17. The molecule has 32 heavy (non-hydrogen) atoms. The van der Waals surface area contributed by atoms with Crippen LogP contribution >= 0.6 is 0 Å². The first-order valence-corrected chi connectivity index (χ1v) is 10.6. The van der Waals surface area contributed by atoms with E-state index in [1.807, 2.05) is 24.3 Å². The second kappa shape index (κ2) is 9.50. The van der Waals surface area contributed by atoms with Crippen LogP contribution in [0.5, 0.6) is 0 Å². The molecule has 8 heteroatoms. The predicted molar refractivity (Wildman–Crippen MR) is 119 cm³/mol. The van der Waals surface area contributed by atoms with Crippen LogP contribution in [0.25, 0.3) is 0 Å². The quantitative estimate of drug-likeness (QED) is 0.751. The Morgan fingerprint density at radius 3 is 2.16 bits per heavy atom. The lowest BCUT2D eigenvalue weighted by Gasteiger charge is -2.49. The number of anilines is 2. The number of para-hydroxylation sites is 2. The van der Waals surface area contributed by atoms with Gasteiger partial charge in [0.15, 0.2) is 0 Å². The highest BCUT2D eigenvalue weighted by Crippen LogP contribution is 2.38. The molecule has 1 aliphatic heterocycles. The summed E-state index contributed by atoms with van der Waals surface area (Å²) in [6.07, 6.45) is 0.283. The number of ether oxygens (including phenoxy) is 2. The Labute approximate surface area is 187 Å². The zero-order valence-corrected chi connectivity index (χ0v) is 18.1. The van der Waals surface area contributed by atoms with Gasteiger partial charge >= 0.3 is 6.03 Å². The summed E-state index contributed by atoms with van der Waals surface area (Å²) >= 11 is 0. The second-order valence-corrected chi connectivity index (χ2v) is 8.03. The van der Waals surface area contributed by atoms with Crippen LogP contribution in [0.15, 0.2) is 60.7 Å². The molecule has 2 fully saturated rings. The number of amides is 4. The number of carbonyl (C=O) groups is 3. The van der Waals surface area contributed by atoms with Crippen molar-refractivity contribution >= 4 is 29.2 Å². The molecular formula is C24H27N3O5. The van der Waals surface area contributed by atoms with Crippen molar-refractivity contribution in [1.82, 2.24) is 4.90 Å². The molecule has 4 rings (SSSR count). The zero-order chi connectivity index (χ0) is 22.7. The Kier molecular flexibility index (Phi) is 6.53. The third-order valence-electron chi connectivity index (χ3n) is 6.21. The lowest BCUT2D eigenvalue weighted by Crippen LogP contribution is -2.66. The van der Waals surface area contributed by atoms with Crippen LogP contribution in [0, 0.1) is 5.92 Å². The first-order valence-electron chi connectivity index (χ1n) is 10.6. The first-order chi connectivity index (χ1) is 15.5. The van der Waals surface area contributed by atoms with E-state index in [0.29, 0.717) is 24.2 Å². The van der Waals surface area contributed by atoms with Crippen molar-refractivity contribution in [1.29, 1.82) is 0 Å². The minimum Gasteiger partial charge on any atom is -0.379 e. The van der Waals surface area contributed by atoms with Crippen LogP contribution in [-0.4, -0.2) is 61.8 Å². The summed E-state index contributed by atoms with van der Waals surface area (Å²) < 4.78 is 11.2. The minimum atomic E-state index is -0.503. The van der Waals surface area contributed by atoms with Gasteiger partial charge in [-0.2, -0.15) is 0 Å². The molecule has 2 aliphatic rings. The maximum absolute atomic E-state index is 13.5. The van der Waals surface area contributed by atoms with Crippen LogP contribution in [-0.2, 0) is 19.1 Å². The van der Waals surface area contributed by atoms with E-state index in [2.05, 4.69) is 5.32 Å². The van der Waals surface area contributed by atoms with Gasteiger partial charge in [-0.1, -0.05) is 36.4 Å². The smallest absolute Gasteiger partial charge is 0.332 e. The summed E-state index contributed by atoms with van der Waals surface area (Å²) in [5.41, 5.74) is 1.13. The monoisotopic (exact) mass is 437 g/mol. The van der Waals surface area contributed by atoms with Gasteiger partial charge in [0.05, 0.1) is 23.8 Å². The van der Waals surface area contributed by atoms with Crippen molar-refractivity contribution in [3.63, 3.8) is 0 Å². The van der Waals surface area contributed by atoms with E-state index in [9.17, 15) is 14.4 Å². The molecule has 8 nitrogen and oxygen atoms in total. The Hall–Kier alpha value is -3.23. The van der Waals surface area contributed by atoms with Gasteiger partial charge in [-0.25, -0.2) is 9.69 Å². The van der Waals surface area contributed by atoms with Gasteiger partial charge in [0.2, 0.25) is 11.8 Å². The summed E-state index contributed by atoms with van der Waals surface area (Å²) in [5.74, 6) is -1.09. The number of methoxy groups -OCH3 is 2. The average Bonchev–Trinajstić information content (AvgIpc) is 2.82. The van der Waals surface area contributed by atoms with E-state index in [0.717, 1.165) is 0 Å². The fourth-order valence-corrected chi connectivity index (χ4v) is 4.63. The second-order valence-electron chi connectivity index (χ2n) is 8.03. The van der Waals surface area contributed by atoms with Crippen molar-refractivity contribution in [2.45, 2.75) is 31.1 Å². The number of hydrogen-bond acceptors (Lipinski definition) is 5. The summed E-state index contributed by atoms with van der Waals surface area (Å²) in [5, 5.41) is 2.82. The predicted octanol–water partition coefficient (Wildman–Crippen LogP) is 2.90. The van der Waals surface area contributed by atoms with Gasteiger partial charge in [0.1, 0.15) is 6.54 Å². The SMILES string of the molecule is COC1CC2C(=O)N(c3ccccc3)C(=O)N(CC(=O)Nc3ccccc3)C2CC1OC. The Balaban J connectivity index is 1.64. The molecule has 168 valence electrons. The van der Waals surface area contributed by atoms with Crippen molar-refractivity contribution < 1.29 is 23.9 Å². The lowest BCUT2D eigenvalue weighted by atomic mass is 9.78. The third kappa shape index (κ3) is 4.24. The molecule has 1 heterocycles. The van der Waals surface area contributed by atoms with E-state index < -0.39 is 18.0 Å². The van der Waals surface area contributed by atoms with E-state index in [1.165, 1.54) is 9.80 Å². The van der Waals surface area contributed by atoms with Crippen LogP contribution in [0.4, 0.5) is 16.2 Å².